The highest BCUT2D eigenvalue weighted by molar-refractivity contribution is 5.84. The number of amides is 2. The van der Waals surface area contributed by atoms with E-state index in [9.17, 15) is 9.59 Å². The maximum absolute atomic E-state index is 11.5. The van der Waals surface area contributed by atoms with Crippen LogP contribution in [-0.2, 0) is 16.0 Å². The van der Waals surface area contributed by atoms with Crippen LogP contribution in [-0.4, -0.2) is 17.9 Å². The number of nitrogens with one attached hydrogen (secondary N) is 2. The Morgan fingerprint density at radius 3 is 2.56 bits per heavy atom. The van der Waals surface area contributed by atoms with Crippen LogP contribution in [0.5, 0.6) is 0 Å². The Balaban J connectivity index is 2.34. The van der Waals surface area contributed by atoms with Crippen molar-refractivity contribution in [2.45, 2.75) is 32.7 Å². The third-order valence-electron chi connectivity index (χ3n) is 2.62. The van der Waals surface area contributed by atoms with E-state index in [1.54, 1.807) is 6.92 Å². The standard InChI is InChI=1S/C13H19N3O2/c1-9-5-3-4-6-11(9)7-8-12(17)15-16-13(18)10(2)14/h3-6,10H,7-8,14H2,1-2H3,(H,15,17)(H,16,18). The Bertz CT molecular complexity index is 430. The van der Waals surface area contributed by atoms with Gasteiger partial charge in [0, 0.05) is 6.42 Å². The quantitative estimate of drug-likeness (QED) is 0.676. The molecule has 5 nitrogen and oxygen atoms in total. The van der Waals surface area contributed by atoms with Gasteiger partial charge in [-0.1, -0.05) is 24.3 Å². The van der Waals surface area contributed by atoms with Crippen LogP contribution in [0.1, 0.15) is 24.5 Å². The van der Waals surface area contributed by atoms with Gasteiger partial charge < -0.3 is 5.73 Å². The van der Waals surface area contributed by atoms with Crippen molar-refractivity contribution in [2.75, 3.05) is 0 Å². The Kier molecular flexibility index (Phi) is 5.32. The van der Waals surface area contributed by atoms with E-state index in [2.05, 4.69) is 10.9 Å². The van der Waals surface area contributed by atoms with Crippen LogP contribution in [0.15, 0.2) is 24.3 Å². The first kappa shape index (κ1) is 14.2. The Morgan fingerprint density at radius 1 is 1.28 bits per heavy atom. The smallest absolute Gasteiger partial charge is 0.254 e. The van der Waals surface area contributed by atoms with Crippen molar-refractivity contribution < 1.29 is 9.59 Å². The van der Waals surface area contributed by atoms with Crippen molar-refractivity contribution in [3.05, 3.63) is 35.4 Å². The molecule has 1 aromatic rings. The lowest BCUT2D eigenvalue weighted by Crippen LogP contribution is -2.48. The van der Waals surface area contributed by atoms with Crippen LogP contribution in [0.4, 0.5) is 0 Å². The van der Waals surface area contributed by atoms with Crippen LogP contribution in [0.3, 0.4) is 0 Å². The molecule has 1 unspecified atom stereocenters. The molecule has 0 bridgehead atoms. The summed E-state index contributed by atoms with van der Waals surface area (Å²) in [6.45, 7) is 3.56. The average Bonchev–Trinajstić information content (AvgIpc) is 2.34. The second-order valence-corrected chi connectivity index (χ2v) is 4.25. The van der Waals surface area contributed by atoms with Gasteiger partial charge in [0.1, 0.15) is 0 Å². The van der Waals surface area contributed by atoms with Crippen LogP contribution in [0.2, 0.25) is 0 Å². The van der Waals surface area contributed by atoms with Crippen molar-refractivity contribution in [1.29, 1.82) is 0 Å². The number of rotatable bonds is 4. The fourth-order valence-electron chi connectivity index (χ4n) is 1.45. The summed E-state index contributed by atoms with van der Waals surface area (Å²) in [5, 5.41) is 0. The molecule has 98 valence electrons. The summed E-state index contributed by atoms with van der Waals surface area (Å²) in [7, 11) is 0. The van der Waals surface area contributed by atoms with Crippen molar-refractivity contribution in [3.63, 3.8) is 0 Å². The summed E-state index contributed by atoms with van der Waals surface area (Å²) in [5.74, 6) is -0.633. The van der Waals surface area contributed by atoms with E-state index >= 15 is 0 Å². The second kappa shape index (κ2) is 6.76. The number of carbonyl (C=O) groups excluding carboxylic acids is 2. The summed E-state index contributed by atoms with van der Waals surface area (Å²) in [6.07, 6.45) is 0.969. The summed E-state index contributed by atoms with van der Waals surface area (Å²) in [6, 6.07) is 7.26. The van der Waals surface area contributed by atoms with Gasteiger partial charge in [-0.3, -0.25) is 20.4 Å². The van der Waals surface area contributed by atoms with E-state index < -0.39 is 11.9 Å². The van der Waals surface area contributed by atoms with Gasteiger partial charge in [-0.05, 0) is 31.4 Å². The van der Waals surface area contributed by atoms with Gasteiger partial charge in [0.05, 0.1) is 6.04 Å². The van der Waals surface area contributed by atoms with E-state index in [0.29, 0.717) is 12.8 Å². The lowest BCUT2D eigenvalue weighted by molar-refractivity contribution is -0.129. The molecule has 0 radical (unpaired) electrons. The minimum absolute atomic E-state index is 0.229. The third kappa shape index (κ3) is 4.55. The van der Waals surface area contributed by atoms with Crippen molar-refractivity contribution in [2.24, 2.45) is 5.73 Å². The maximum atomic E-state index is 11.5. The molecule has 1 aromatic carbocycles. The highest BCUT2D eigenvalue weighted by Crippen LogP contribution is 2.08. The predicted octanol–water partition coefficient (Wildman–Crippen LogP) is 0.422. The highest BCUT2D eigenvalue weighted by atomic mass is 16.2. The summed E-state index contributed by atoms with van der Waals surface area (Å²) in [4.78, 5) is 22.6. The predicted molar refractivity (Wildman–Crippen MR) is 69.4 cm³/mol. The molecule has 4 N–H and O–H groups in total. The van der Waals surface area contributed by atoms with E-state index in [1.165, 1.54) is 0 Å². The molecular weight excluding hydrogens is 230 g/mol. The molecule has 0 saturated heterocycles. The van der Waals surface area contributed by atoms with Crippen molar-refractivity contribution in [3.8, 4) is 0 Å². The van der Waals surface area contributed by atoms with E-state index in [4.69, 9.17) is 5.73 Å². The number of aryl methyl sites for hydroxylation is 2. The zero-order valence-corrected chi connectivity index (χ0v) is 10.7. The molecule has 5 heteroatoms. The minimum Gasteiger partial charge on any atom is -0.320 e. The van der Waals surface area contributed by atoms with Gasteiger partial charge in [-0.2, -0.15) is 0 Å². The Labute approximate surface area is 107 Å². The maximum Gasteiger partial charge on any atom is 0.254 e. The first-order valence-corrected chi connectivity index (χ1v) is 5.89. The number of hydrogen-bond acceptors (Lipinski definition) is 3. The Hall–Kier alpha value is -1.88. The third-order valence-corrected chi connectivity index (χ3v) is 2.62. The molecule has 0 heterocycles. The fraction of sp³-hybridized carbons (Fsp3) is 0.385. The largest absolute Gasteiger partial charge is 0.320 e. The Morgan fingerprint density at radius 2 is 1.94 bits per heavy atom. The molecule has 0 aliphatic carbocycles. The van der Waals surface area contributed by atoms with Gasteiger partial charge >= 0.3 is 0 Å². The minimum atomic E-state index is -0.637. The molecule has 0 aliphatic rings. The molecule has 0 saturated carbocycles. The van der Waals surface area contributed by atoms with Gasteiger partial charge in [-0.25, -0.2) is 0 Å². The number of nitrogens with two attached hydrogens (primary N) is 1. The molecule has 0 aromatic heterocycles. The summed E-state index contributed by atoms with van der Waals surface area (Å²) >= 11 is 0. The van der Waals surface area contributed by atoms with Crippen molar-refractivity contribution in [1.82, 2.24) is 10.9 Å². The second-order valence-electron chi connectivity index (χ2n) is 4.25. The van der Waals surface area contributed by atoms with Gasteiger partial charge in [-0.15, -0.1) is 0 Å². The normalized spacial score (nSPS) is 11.7. The van der Waals surface area contributed by atoms with Crippen LogP contribution < -0.4 is 16.6 Å². The molecule has 2 amide bonds. The number of carbonyl (C=O) groups is 2. The number of hydrazine groups is 1. The lowest BCUT2D eigenvalue weighted by atomic mass is 10.0. The van der Waals surface area contributed by atoms with E-state index in [0.717, 1.165) is 11.1 Å². The SMILES string of the molecule is Cc1ccccc1CCC(=O)NNC(=O)C(C)N. The first-order chi connectivity index (χ1) is 8.50. The zero-order chi connectivity index (χ0) is 13.5. The van der Waals surface area contributed by atoms with Gasteiger partial charge in [0.2, 0.25) is 5.91 Å². The van der Waals surface area contributed by atoms with Crippen LogP contribution in [0, 0.1) is 6.92 Å². The monoisotopic (exact) mass is 249 g/mol. The van der Waals surface area contributed by atoms with Crippen molar-refractivity contribution >= 4 is 11.8 Å². The molecule has 0 fully saturated rings. The summed E-state index contributed by atoms with van der Waals surface area (Å²) < 4.78 is 0. The van der Waals surface area contributed by atoms with Gasteiger partial charge in [0.15, 0.2) is 0 Å². The van der Waals surface area contributed by atoms with Crippen LogP contribution in [0.25, 0.3) is 0 Å². The average molecular weight is 249 g/mol. The molecule has 1 atom stereocenters. The number of hydrogen-bond donors (Lipinski definition) is 3. The molecule has 1 rings (SSSR count). The van der Waals surface area contributed by atoms with E-state index in [1.807, 2.05) is 31.2 Å². The highest BCUT2D eigenvalue weighted by Gasteiger charge is 2.08. The lowest BCUT2D eigenvalue weighted by Gasteiger charge is -2.09. The van der Waals surface area contributed by atoms with E-state index in [-0.39, 0.29) is 5.91 Å². The zero-order valence-electron chi connectivity index (χ0n) is 10.7. The number of benzene rings is 1. The summed E-state index contributed by atoms with van der Waals surface area (Å²) in [5.41, 5.74) is 12.2. The van der Waals surface area contributed by atoms with Gasteiger partial charge in [0.25, 0.3) is 5.91 Å². The fourth-order valence-corrected chi connectivity index (χ4v) is 1.45. The van der Waals surface area contributed by atoms with Crippen LogP contribution >= 0.6 is 0 Å². The first-order valence-electron chi connectivity index (χ1n) is 5.89. The molecule has 0 aliphatic heterocycles. The molecule has 0 spiro atoms. The topological polar surface area (TPSA) is 84.2 Å². The molecule has 18 heavy (non-hydrogen) atoms. The molecular formula is C13H19N3O2.